The number of nitrogens with zero attached hydrogens (tertiary/aromatic N) is 1. The molecule has 0 aliphatic rings. The maximum Gasteiger partial charge on any atom is 0.252 e. The Morgan fingerprint density at radius 3 is 2.35 bits per heavy atom. The molecule has 0 unspecified atom stereocenters. The van der Waals surface area contributed by atoms with E-state index in [1.807, 2.05) is 0 Å². The summed E-state index contributed by atoms with van der Waals surface area (Å²) in [5.74, 6) is -0.0606. The van der Waals surface area contributed by atoms with Gasteiger partial charge in [0.05, 0.1) is 5.56 Å². The first-order valence-corrected chi connectivity index (χ1v) is 6.90. The zero-order chi connectivity index (χ0) is 15.3. The number of rotatable bonds is 7. The maximum atomic E-state index is 11.3. The van der Waals surface area contributed by atoms with Gasteiger partial charge in [-0.1, -0.05) is 0 Å². The Kier molecular flexibility index (Phi) is 5.82. The molecule has 0 spiro atoms. The van der Waals surface area contributed by atoms with Crippen LogP contribution < -0.4 is 16.2 Å². The number of benzene rings is 1. The third-order valence-electron chi connectivity index (χ3n) is 3.20. The lowest BCUT2D eigenvalue weighted by Gasteiger charge is -2.30. The van der Waals surface area contributed by atoms with E-state index < -0.39 is 5.91 Å². The van der Waals surface area contributed by atoms with Crippen LogP contribution in [0.4, 0.5) is 5.69 Å². The van der Waals surface area contributed by atoms with Gasteiger partial charge in [-0.25, -0.2) is 0 Å². The zero-order valence-electron chi connectivity index (χ0n) is 12.7. The first-order chi connectivity index (χ1) is 9.32. The zero-order valence-corrected chi connectivity index (χ0v) is 12.7. The maximum absolute atomic E-state index is 11.3. The summed E-state index contributed by atoms with van der Waals surface area (Å²) in [4.78, 5) is 13.7. The Labute approximate surface area is 120 Å². The largest absolute Gasteiger partial charge is 0.491 e. The standard InChI is InChI=1S/C15H25N3O2/c1-10(2)18(11(3)4)7-8-20-14-9-12(16)5-6-13(14)15(17)19/h5-6,9-11H,7-8,16H2,1-4H3,(H2,17,19). The predicted octanol–water partition coefficient (Wildman–Crippen LogP) is 1.87. The number of carbonyl (C=O) groups is 1. The summed E-state index contributed by atoms with van der Waals surface area (Å²) < 4.78 is 5.69. The van der Waals surface area contributed by atoms with Gasteiger partial charge in [0, 0.05) is 30.4 Å². The summed E-state index contributed by atoms with van der Waals surface area (Å²) in [7, 11) is 0. The molecule has 5 nitrogen and oxygen atoms in total. The van der Waals surface area contributed by atoms with Gasteiger partial charge in [-0.05, 0) is 39.8 Å². The Morgan fingerprint density at radius 1 is 1.25 bits per heavy atom. The highest BCUT2D eigenvalue weighted by molar-refractivity contribution is 5.96. The van der Waals surface area contributed by atoms with Crippen LogP contribution in [0.3, 0.4) is 0 Å². The smallest absolute Gasteiger partial charge is 0.252 e. The van der Waals surface area contributed by atoms with Crippen molar-refractivity contribution in [3.05, 3.63) is 23.8 Å². The lowest BCUT2D eigenvalue weighted by molar-refractivity contribution is 0.0993. The van der Waals surface area contributed by atoms with Crippen molar-refractivity contribution in [3.63, 3.8) is 0 Å². The van der Waals surface area contributed by atoms with Gasteiger partial charge >= 0.3 is 0 Å². The summed E-state index contributed by atoms with van der Waals surface area (Å²) in [5.41, 5.74) is 11.9. The first-order valence-electron chi connectivity index (χ1n) is 6.90. The molecule has 0 fully saturated rings. The second-order valence-corrected chi connectivity index (χ2v) is 5.39. The highest BCUT2D eigenvalue weighted by Crippen LogP contribution is 2.21. The van der Waals surface area contributed by atoms with E-state index in [4.69, 9.17) is 16.2 Å². The van der Waals surface area contributed by atoms with Gasteiger partial charge in [0.25, 0.3) is 5.91 Å². The summed E-state index contributed by atoms with van der Waals surface area (Å²) >= 11 is 0. The van der Waals surface area contributed by atoms with Crippen molar-refractivity contribution in [2.24, 2.45) is 5.73 Å². The van der Waals surface area contributed by atoms with Crippen molar-refractivity contribution < 1.29 is 9.53 Å². The molecule has 112 valence electrons. The van der Waals surface area contributed by atoms with Gasteiger partial charge in [-0.15, -0.1) is 0 Å². The molecule has 5 heteroatoms. The lowest BCUT2D eigenvalue weighted by Crippen LogP contribution is -2.39. The molecular weight excluding hydrogens is 254 g/mol. The van der Waals surface area contributed by atoms with E-state index >= 15 is 0 Å². The highest BCUT2D eigenvalue weighted by Gasteiger charge is 2.14. The highest BCUT2D eigenvalue weighted by atomic mass is 16.5. The number of amides is 1. The first kappa shape index (κ1) is 16.3. The van der Waals surface area contributed by atoms with E-state index in [1.54, 1.807) is 18.2 Å². The Hall–Kier alpha value is -1.75. The van der Waals surface area contributed by atoms with Gasteiger partial charge in [0.1, 0.15) is 12.4 Å². The third-order valence-corrected chi connectivity index (χ3v) is 3.20. The quantitative estimate of drug-likeness (QED) is 0.746. The fourth-order valence-corrected chi connectivity index (χ4v) is 2.24. The number of carbonyl (C=O) groups excluding carboxylic acids is 1. The monoisotopic (exact) mass is 279 g/mol. The number of nitrogen functional groups attached to an aromatic ring is 1. The molecule has 0 bridgehead atoms. The van der Waals surface area contributed by atoms with E-state index in [9.17, 15) is 4.79 Å². The van der Waals surface area contributed by atoms with Crippen LogP contribution in [0.1, 0.15) is 38.1 Å². The fourth-order valence-electron chi connectivity index (χ4n) is 2.24. The minimum absolute atomic E-state index is 0.361. The molecule has 4 N–H and O–H groups in total. The minimum atomic E-state index is -0.510. The van der Waals surface area contributed by atoms with E-state index in [0.717, 1.165) is 6.54 Å². The Balaban J connectivity index is 2.70. The van der Waals surface area contributed by atoms with Crippen LogP contribution in [0.15, 0.2) is 18.2 Å². The topological polar surface area (TPSA) is 81.6 Å². The molecule has 0 saturated heterocycles. The lowest BCUT2D eigenvalue weighted by atomic mass is 10.1. The van der Waals surface area contributed by atoms with Crippen LogP contribution in [-0.2, 0) is 0 Å². The van der Waals surface area contributed by atoms with Crippen molar-refractivity contribution in [1.82, 2.24) is 4.90 Å². The molecule has 0 saturated carbocycles. The van der Waals surface area contributed by atoms with Crippen LogP contribution in [0.5, 0.6) is 5.75 Å². The molecule has 1 rings (SSSR count). The van der Waals surface area contributed by atoms with Crippen molar-refractivity contribution in [2.75, 3.05) is 18.9 Å². The van der Waals surface area contributed by atoms with Crippen molar-refractivity contribution in [1.29, 1.82) is 0 Å². The molecule has 0 aliphatic heterocycles. The van der Waals surface area contributed by atoms with Crippen LogP contribution in [0.2, 0.25) is 0 Å². The average molecular weight is 279 g/mol. The fraction of sp³-hybridized carbons (Fsp3) is 0.533. The summed E-state index contributed by atoms with van der Waals surface area (Å²) in [6.45, 7) is 9.86. The molecule has 20 heavy (non-hydrogen) atoms. The Bertz CT molecular complexity index is 450. The van der Waals surface area contributed by atoms with Gasteiger partial charge < -0.3 is 16.2 Å². The van der Waals surface area contributed by atoms with Gasteiger partial charge in [0.15, 0.2) is 0 Å². The molecule has 1 aromatic rings. The summed E-state index contributed by atoms with van der Waals surface area (Å²) in [6, 6.07) is 5.75. The Morgan fingerprint density at radius 2 is 1.85 bits per heavy atom. The molecule has 0 aromatic heterocycles. The SMILES string of the molecule is CC(C)N(CCOc1cc(N)ccc1C(N)=O)C(C)C. The molecule has 0 heterocycles. The van der Waals surface area contributed by atoms with Crippen LogP contribution in [0.25, 0.3) is 0 Å². The minimum Gasteiger partial charge on any atom is -0.491 e. The average Bonchev–Trinajstić information content (AvgIpc) is 2.33. The number of primary amides is 1. The van der Waals surface area contributed by atoms with Crippen molar-refractivity contribution in [3.8, 4) is 5.75 Å². The van der Waals surface area contributed by atoms with E-state index in [0.29, 0.717) is 35.7 Å². The summed E-state index contributed by atoms with van der Waals surface area (Å²) in [6.07, 6.45) is 0. The molecule has 1 aromatic carbocycles. The summed E-state index contributed by atoms with van der Waals surface area (Å²) in [5, 5.41) is 0. The van der Waals surface area contributed by atoms with Crippen LogP contribution >= 0.6 is 0 Å². The van der Waals surface area contributed by atoms with Crippen molar-refractivity contribution in [2.45, 2.75) is 39.8 Å². The van der Waals surface area contributed by atoms with E-state index in [-0.39, 0.29) is 0 Å². The number of hydrogen-bond donors (Lipinski definition) is 2. The second kappa shape index (κ2) is 7.14. The normalized spacial score (nSPS) is 11.3. The number of ether oxygens (including phenoxy) is 1. The molecule has 0 radical (unpaired) electrons. The number of hydrogen-bond acceptors (Lipinski definition) is 4. The molecule has 1 amide bonds. The second-order valence-electron chi connectivity index (χ2n) is 5.39. The van der Waals surface area contributed by atoms with Gasteiger partial charge in [0.2, 0.25) is 0 Å². The van der Waals surface area contributed by atoms with Crippen molar-refractivity contribution >= 4 is 11.6 Å². The van der Waals surface area contributed by atoms with Crippen LogP contribution in [-0.4, -0.2) is 36.0 Å². The van der Waals surface area contributed by atoms with E-state index in [1.165, 1.54) is 0 Å². The third kappa shape index (κ3) is 4.42. The van der Waals surface area contributed by atoms with E-state index in [2.05, 4.69) is 32.6 Å². The number of nitrogens with two attached hydrogens (primary N) is 2. The molecule has 0 atom stereocenters. The van der Waals surface area contributed by atoms with Gasteiger partial charge in [-0.2, -0.15) is 0 Å². The molecular formula is C15H25N3O2. The van der Waals surface area contributed by atoms with Crippen LogP contribution in [0, 0.1) is 0 Å². The molecule has 0 aliphatic carbocycles. The van der Waals surface area contributed by atoms with Gasteiger partial charge in [-0.3, -0.25) is 9.69 Å². The number of anilines is 1. The predicted molar refractivity (Wildman–Crippen MR) is 81.8 cm³/mol.